The number of hydrogen-bond acceptors (Lipinski definition) is 4. The van der Waals surface area contributed by atoms with Gasteiger partial charge >= 0.3 is 12.6 Å². The summed E-state index contributed by atoms with van der Waals surface area (Å²) in [5.74, 6) is -2.16. The Morgan fingerprint density at radius 1 is 1.22 bits per heavy atom. The van der Waals surface area contributed by atoms with E-state index in [0.29, 0.717) is 31.5 Å². The van der Waals surface area contributed by atoms with Gasteiger partial charge in [0.25, 0.3) is 0 Å². The van der Waals surface area contributed by atoms with Gasteiger partial charge in [-0.05, 0) is 49.9 Å². The van der Waals surface area contributed by atoms with Crippen molar-refractivity contribution in [2.45, 2.75) is 44.8 Å². The number of halogens is 2. The summed E-state index contributed by atoms with van der Waals surface area (Å²) in [7, 11) is 0. The van der Waals surface area contributed by atoms with E-state index in [9.17, 15) is 28.3 Å². The van der Waals surface area contributed by atoms with Crippen LogP contribution in [-0.4, -0.2) is 42.1 Å². The molecule has 2 N–H and O–H groups in total. The molecule has 1 aliphatic heterocycles. The van der Waals surface area contributed by atoms with Crippen molar-refractivity contribution < 1.29 is 33.0 Å². The molecular formula is C18H20F2N2O5. The average molecular weight is 382 g/mol. The second-order valence-corrected chi connectivity index (χ2v) is 6.77. The van der Waals surface area contributed by atoms with E-state index >= 15 is 0 Å². The summed E-state index contributed by atoms with van der Waals surface area (Å²) in [5.41, 5.74) is -0.936. The molecule has 2 amide bonds. The summed E-state index contributed by atoms with van der Waals surface area (Å²) in [6.45, 7) is -2.51. The Morgan fingerprint density at radius 3 is 2.41 bits per heavy atom. The number of ether oxygens (including phenoxy) is 1. The van der Waals surface area contributed by atoms with Crippen LogP contribution >= 0.6 is 0 Å². The Kier molecular flexibility index (Phi) is 5.29. The molecule has 1 heterocycles. The minimum Gasteiger partial charge on any atom is -0.480 e. The average Bonchev–Trinajstić information content (AvgIpc) is 2.56. The maximum Gasteiger partial charge on any atom is 0.387 e. The van der Waals surface area contributed by atoms with Crippen molar-refractivity contribution in [1.82, 2.24) is 5.32 Å². The molecule has 146 valence electrons. The number of alkyl halides is 2. The van der Waals surface area contributed by atoms with Crippen LogP contribution in [0.3, 0.4) is 0 Å². The van der Waals surface area contributed by atoms with E-state index in [1.54, 1.807) is 0 Å². The number of anilines is 1. The predicted molar refractivity (Wildman–Crippen MR) is 90.5 cm³/mol. The lowest BCUT2D eigenvalue weighted by atomic mass is 9.68. The number of carbonyl (C=O) groups excluding carboxylic acids is 2. The third-order valence-electron chi connectivity index (χ3n) is 5.17. The van der Waals surface area contributed by atoms with Gasteiger partial charge in [-0.25, -0.2) is 0 Å². The van der Waals surface area contributed by atoms with Crippen LogP contribution in [0.4, 0.5) is 14.5 Å². The molecular weight excluding hydrogens is 362 g/mol. The van der Waals surface area contributed by atoms with Gasteiger partial charge < -0.3 is 20.1 Å². The van der Waals surface area contributed by atoms with Gasteiger partial charge in [-0.2, -0.15) is 8.78 Å². The molecule has 1 aromatic rings. The van der Waals surface area contributed by atoms with Gasteiger partial charge in [-0.1, -0.05) is 6.42 Å². The van der Waals surface area contributed by atoms with Gasteiger partial charge in [0, 0.05) is 12.2 Å². The van der Waals surface area contributed by atoms with Crippen molar-refractivity contribution in [1.29, 1.82) is 0 Å². The molecule has 7 nitrogen and oxygen atoms in total. The summed E-state index contributed by atoms with van der Waals surface area (Å²) < 4.78 is 28.7. The third-order valence-corrected chi connectivity index (χ3v) is 5.17. The van der Waals surface area contributed by atoms with Crippen LogP contribution in [0, 0.1) is 5.41 Å². The Labute approximate surface area is 154 Å². The zero-order valence-electron chi connectivity index (χ0n) is 14.5. The van der Waals surface area contributed by atoms with Gasteiger partial charge in [-0.15, -0.1) is 0 Å². The molecule has 0 aromatic heterocycles. The van der Waals surface area contributed by atoms with E-state index in [4.69, 9.17) is 0 Å². The first-order chi connectivity index (χ1) is 12.8. The lowest BCUT2D eigenvalue weighted by molar-refractivity contribution is -0.162. The lowest BCUT2D eigenvalue weighted by Gasteiger charge is -2.39. The molecule has 1 aliphatic carbocycles. The van der Waals surface area contributed by atoms with Gasteiger partial charge in [0.1, 0.15) is 17.2 Å². The monoisotopic (exact) mass is 382 g/mol. The Bertz CT molecular complexity index is 734. The molecule has 2 aliphatic rings. The summed E-state index contributed by atoms with van der Waals surface area (Å²) in [4.78, 5) is 38.1. The fourth-order valence-corrected chi connectivity index (χ4v) is 3.44. The van der Waals surface area contributed by atoms with Crippen LogP contribution in [0.5, 0.6) is 5.75 Å². The number of amides is 2. The van der Waals surface area contributed by atoms with Gasteiger partial charge in [-0.3, -0.25) is 14.4 Å². The highest BCUT2D eigenvalue weighted by atomic mass is 19.3. The second-order valence-electron chi connectivity index (χ2n) is 6.77. The number of piperidine rings is 1. The van der Waals surface area contributed by atoms with Crippen molar-refractivity contribution in [2.75, 3.05) is 11.4 Å². The molecule has 9 heteroatoms. The van der Waals surface area contributed by atoms with Gasteiger partial charge in [0.2, 0.25) is 11.8 Å². The zero-order valence-corrected chi connectivity index (χ0v) is 14.5. The number of carboxylic acids is 1. The second kappa shape index (κ2) is 7.50. The van der Waals surface area contributed by atoms with Crippen LogP contribution < -0.4 is 15.0 Å². The van der Waals surface area contributed by atoms with Gasteiger partial charge in [0.15, 0.2) is 0 Å². The molecule has 1 saturated carbocycles. The Hall–Kier alpha value is -2.71. The molecule has 2 fully saturated rings. The van der Waals surface area contributed by atoms with Crippen LogP contribution in [0.25, 0.3) is 0 Å². The Balaban J connectivity index is 1.68. The molecule has 1 saturated heterocycles. The standard InChI is InChI=1S/C18H20F2N2O5/c19-17(20)27-12-6-4-11(5-7-12)22-10-1-3-13(14(22)23)21-15(24)18(16(25)26)8-2-9-18/h4-7,13,17H,1-3,8-10H2,(H,21,24)(H,25,26). The lowest BCUT2D eigenvalue weighted by Crippen LogP contribution is -2.58. The number of rotatable bonds is 6. The maximum absolute atomic E-state index is 12.7. The summed E-state index contributed by atoms with van der Waals surface area (Å²) in [5, 5.41) is 11.9. The fourth-order valence-electron chi connectivity index (χ4n) is 3.44. The van der Waals surface area contributed by atoms with Crippen molar-refractivity contribution in [3.05, 3.63) is 24.3 Å². The van der Waals surface area contributed by atoms with Crippen molar-refractivity contribution >= 4 is 23.5 Å². The van der Waals surface area contributed by atoms with E-state index in [-0.39, 0.29) is 24.5 Å². The first-order valence-electron chi connectivity index (χ1n) is 8.74. The smallest absolute Gasteiger partial charge is 0.387 e. The molecule has 0 bridgehead atoms. The molecule has 27 heavy (non-hydrogen) atoms. The number of benzene rings is 1. The number of nitrogens with one attached hydrogen (secondary N) is 1. The summed E-state index contributed by atoms with van der Waals surface area (Å²) in [6.07, 6.45) is 2.24. The topological polar surface area (TPSA) is 95.9 Å². The quantitative estimate of drug-likeness (QED) is 0.735. The first-order valence-corrected chi connectivity index (χ1v) is 8.74. The highest BCUT2D eigenvalue weighted by Gasteiger charge is 2.52. The predicted octanol–water partition coefficient (Wildman–Crippen LogP) is 2.15. The van der Waals surface area contributed by atoms with Crippen LogP contribution in [0.15, 0.2) is 24.3 Å². The number of hydrogen-bond donors (Lipinski definition) is 2. The zero-order chi connectivity index (χ0) is 19.6. The largest absolute Gasteiger partial charge is 0.480 e. The van der Waals surface area contributed by atoms with Crippen LogP contribution in [0.1, 0.15) is 32.1 Å². The number of carbonyl (C=O) groups is 3. The molecule has 0 spiro atoms. The highest BCUT2D eigenvalue weighted by Crippen LogP contribution is 2.41. The minimum absolute atomic E-state index is 0.0172. The number of aliphatic carboxylic acids is 1. The van der Waals surface area contributed by atoms with E-state index in [0.717, 1.165) is 0 Å². The van der Waals surface area contributed by atoms with E-state index in [2.05, 4.69) is 10.1 Å². The molecule has 0 radical (unpaired) electrons. The van der Waals surface area contributed by atoms with Crippen LogP contribution in [-0.2, 0) is 14.4 Å². The third kappa shape index (κ3) is 3.72. The fraction of sp³-hybridized carbons (Fsp3) is 0.500. The van der Waals surface area contributed by atoms with E-state index in [1.165, 1.54) is 29.2 Å². The molecule has 1 atom stereocenters. The van der Waals surface area contributed by atoms with Crippen molar-refractivity contribution in [3.8, 4) is 5.75 Å². The van der Waals surface area contributed by atoms with Crippen molar-refractivity contribution in [2.24, 2.45) is 5.41 Å². The number of nitrogens with zero attached hydrogens (tertiary/aromatic N) is 1. The summed E-state index contributed by atoms with van der Waals surface area (Å²) in [6, 6.07) is 4.85. The number of carboxylic acid groups (broad SMARTS) is 1. The molecule has 1 unspecified atom stereocenters. The van der Waals surface area contributed by atoms with Crippen molar-refractivity contribution in [3.63, 3.8) is 0 Å². The molecule has 1 aromatic carbocycles. The SMILES string of the molecule is O=C1C(NC(=O)C2(C(=O)O)CCC2)CCCN1c1ccc(OC(F)F)cc1. The minimum atomic E-state index is -2.93. The van der Waals surface area contributed by atoms with Gasteiger partial charge in [0.05, 0.1) is 0 Å². The van der Waals surface area contributed by atoms with E-state index < -0.39 is 29.9 Å². The Morgan fingerprint density at radius 2 is 1.89 bits per heavy atom. The summed E-state index contributed by atoms with van der Waals surface area (Å²) >= 11 is 0. The normalized spacial score (nSPS) is 21.5. The van der Waals surface area contributed by atoms with E-state index in [1.807, 2.05) is 0 Å². The van der Waals surface area contributed by atoms with Crippen LogP contribution in [0.2, 0.25) is 0 Å². The molecule has 3 rings (SSSR count). The maximum atomic E-state index is 12.7. The highest BCUT2D eigenvalue weighted by molar-refractivity contribution is 6.06. The first kappa shape index (κ1) is 19.1.